The summed E-state index contributed by atoms with van der Waals surface area (Å²) in [6, 6.07) is 6.50. The van der Waals surface area contributed by atoms with Crippen LogP contribution in [-0.4, -0.2) is 141 Å². The van der Waals surface area contributed by atoms with E-state index in [-0.39, 0.29) is 11.5 Å². The van der Waals surface area contributed by atoms with Gasteiger partial charge in [0.05, 0.1) is 0 Å². The van der Waals surface area contributed by atoms with Crippen molar-refractivity contribution < 1.29 is 85.7 Å². The van der Waals surface area contributed by atoms with Gasteiger partial charge in [0.25, 0.3) is 0 Å². The van der Waals surface area contributed by atoms with Crippen molar-refractivity contribution in [2.45, 2.75) is 142 Å². The lowest BCUT2D eigenvalue weighted by molar-refractivity contribution is -0.261. The van der Waals surface area contributed by atoms with Gasteiger partial charge in [-0.05, 0) is 55.1 Å². The van der Waals surface area contributed by atoms with Crippen molar-refractivity contribution in [2.75, 3.05) is 26.8 Å². The first-order valence-corrected chi connectivity index (χ1v) is 21.7. The smallest absolute Gasteiger partial charge is 0.303 e. The quantitative estimate of drug-likeness (QED) is 0.202. The fourth-order valence-electron chi connectivity index (χ4n) is 9.25. The van der Waals surface area contributed by atoms with Gasteiger partial charge in [0, 0.05) is 73.0 Å². The molecule has 0 aromatic heterocycles. The van der Waals surface area contributed by atoms with Gasteiger partial charge < -0.3 is 58.0 Å². The summed E-state index contributed by atoms with van der Waals surface area (Å²) in [4.78, 5) is 103. The zero-order valence-electron chi connectivity index (χ0n) is 39.0. The number of carbonyl (C=O) groups is 8. The Bertz CT molecular complexity index is 2280. The predicted molar refractivity (Wildman–Crippen MR) is 229 cm³/mol. The van der Waals surface area contributed by atoms with Gasteiger partial charge in [-0.1, -0.05) is 24.3 Å². The van der Waals surface area contributed by atoms with Gasteiger partial charge in [0.15, 0.2) is 35.9 Å². The standard InChI is InChI=1S/C46H57N3O18/c1-21(50)47-37-42(62-27(7)56)40(60-25(5)54)33(19-58-23(3)52)65-44(37)64-32-15-14-30-18-46(9)36-29(16-17-49(46)10)12-11-13-31(36)35(30)39(32)67-45-38(48-22(2)51)43(63-28(8)57)41(61-26(6)55)34(66-45)20-59-24(4)53/h11-15,33-34,37-38,40-45H,16-20H2,1-10H3,(H,47,50)(H,48,51). The van der Waals surface area contributed by atoms with Crippen LogP contribution in [-0.2, 0) is 94.6 Å². The summed E-state index contributed by atoms with van der Waals surface area (Å²) < 4.78 is 59.9. The van der Waals surface area contributed by atoms with Crippen molar-refractivity contribution >= 4 is 47.6 Å². The molecule has 6 rings (SSSR count). The summed E-state index contributed by atoms with van der Waals surface area (Å²) in [5, 5.41) is 5.43. The molecule has 2 N–H and O–H groups in total. The van der Waals surface area contributed by atoms with Gasteiger partial charge in [0.1, 0.15) is 37.5 Å². The summed E-state index contributed by atoms with van der Waals surface area (Å²) in [7, 11) is 2.04. The number of ether oxygens (including phenoxy) is 10. The Balaban J connectivity index is 1.58. The van der Waals surface area contributed by atoms with Crippen molar-refractivity contribution in [2.24, 2.45) is 0 Å². The Labute approximate surface area is 386 Å². The first-order chi connectivity index (χ1) is 31.6. The number of carbonyl (C=O) groups excluding carboxylic acids is 8. The fraction of sp³-hybridized carbons (Fsp3) is 0.565. The zero-order valence-corrected chi connectivity index (χ0v) is 39.0. The molecule has 0 bridgehead atoms. The van der Waals surface area contributed by atoms with E-state index in [0.29, 0.717) is 12.0 Å². The predicted octanol–water partition coefficient (Wildman–Crippen LogP) is 1.68. The number of nitrogens with zero attached hydrogens (tertiary/aromatic N) is 1. The highest BCUT2D eigenvalue weighted by molar-refractivity contribution is 5.84. The average molecular weight is 940 g/mol. The number of benzene rings is 2. The number of hydrogen-bond donors (Lipinski definition) is 2. The molecule has 0 spiro atoms. The molecule has 2 aromatic carbocycles. The topological polar surface area (TPSA) is 256 Å². The van der Waals surface area contributed by atoms with Crippen molar-refractivity contribution in [1.82, 2.24) is 15.5 Å². The Morgan fingerprint density at radius 3 is 1.57 bits per heavy atom. The van der Waals surface area contributed by atoms with E-state index < -0.39 is 128 Å². The Morgan fingerprint density at radius 2 is 1.10 bits per heavy atom. The Kier molecular flexibility index (Phi) is 15.5. The monoisotopic (exact) mass is 939 g/mol. The zero-order chi connectivity index (χ0) is 49.1. The van der Waals surface area contributed by atoms with E-state index in [1.165, 1.54) is 13.8 Å². The highest BCUT2D eigenvalue weighted by Gasteiger charge is 2.55. The minimum atomic E-state index is -1.62. The molecule has 3 aliphatic heterocycles. The number of amides is 2. The van der Waals surface area contributed by atoms with Crippen LogP contribution in [0.4, 0.5) is 0 Å². The van der Waals surface area contributed by atoms with Crippen LogP contribution in [0.1, 0.15) is 79.0 Å². The van der Waals surface area contributed by atoms with Crippen LogP contribution >= 0.6 is 0 Å². The molecule has 2 amide bonds. The van der Waals surface area contributed by atoms with Crippen LogP contribution in [0.2, 0.25) is 0 Å². The van der Waals surface area contributed by atoms with Crippen molar-refractivity contribution in [1.29, 1.82) is 0 Å². The number of fused-ring (bicyclic) bond motifs is 2. The summed E-state index contributed by atoms with van der Waals surface area (Å²) in [6.45, 7) is 11.1. The summed E-state index contributed by atoms with van der Waals surface area (Å²) in [5.41, 5.74) is 3.65. The number of nitrogens with one attached hydrogen (secondary N) is 2. The molecule has 11 unspecified atom stereocenters. The van der Waals surface area contributed by atoms with Crippen molar-refractivity contribution in [3.8, 4) is 22.6 Å². The maximum absolute atomic E-state index is 13.0. The van der Waals surface area contributed by atoms with Gasteiger partial charge in [-0.2, -0.15) is 0 Å². The summed E-state index contributed by atoms with van der Waals surface area (Å²) in [5.74, 6) is -5.95. The molecular weight excluding hydrogens is 883 g/mol. The molecule has 67 heavy (non-hydrogen) atoms. The first kappa shape index (κ1) is 50.1. The van der Waals surface area contributed by atoms with Gasteiger partial charge >= 0.3 is 35.8 Å². The molecule has 2 aromatic rings. The molecule has 3 heterocycles. The lowest BCUT2D eigenvalue weighted by Gasteiger charge is -2.49. The van der Waals surface area contributed by atoms with E-state index in [4.69, 9.17) is 47.4 Å². The lowest BCUT2D eigenvalue weighted by atomic mass is 9.69. The summed E-state index contributed by atoms with van der Waals surface area (Å²) >= 11 is 0. The minimum absolute atomic E-state index is 0.00636. The number of hydrogen-bond acceptors (Lipinski definition) is 19. The largest absolute Gasteiger partial charge is 0.463 e. The maximum Gasteiger partial charge on any atom is 0.303 e. The fourth-order valence-corrected chi connectivity index (χ4v) is 9.25. The summed E-state index contributed by atoms with van der Waals surface area (Å²) in [6.07, 6.45) is -10.5. The molecule has 1 aliphatic carbocycles. The second-order valence-electron chi connectivity index (χ2n) is 17.1. The van der Waals surface area contributed by atoms with Crippen LogP contribution in [0.15, 0.2) is 30.3 Å². The molecule has 0 radical (unpaired) electrons. The highest BCUT2D eigenvalue weighted by Crippen LogP contribution is 2.54. The molecule has 2 fully saturated rings. The van der Waals surface area contributed by atoms with E-state index >= 15 is 0 Å². The molecule has 364 valence electrons. The van der Waals surface area contributed by atoms with E-state index in [1.807, 2.05) is 25.2 Å². The molecular formula is C46H57N3O18. The molecule has 21 heteroatoms. The van der Waals surface area contributed by atoms with Crippen molar-refractivity contribution in [3.63, 3.8) is 0 Å². The number of likely N-dealkylation sites (N-methyl/N-ethyl adjacent to an activating group) is 1. The van der Waals surface area contributed by atoms with E-state index in [9.17, 15) is 38.4 Å². The van der Waals surface area contributed by atoms with Gasteiger partial charge in [-0.15, -0.1) is 0 Å². The Morgan fingerprint density at radius 1 is 0.627 bits per heavy atom. The van der Waals surface area contributed by atoms with E-state index in [2.05, 4.69) is 28.5 Å². The molecule has 21 nitrogen and oxygen atoms in total. The van der Waals surface area contributed by atoms with Crippen LogP contribution < -0.4 is 20.1 Å². The second kappa shape index (κ2) is 20.7. The third kappa shape index (κ3) is 11.3. The molecule has 0 saturated carbocycles. The molecule has 4 aliphatic rings. The van der Waals surface area contributed by atoms with Crippen molar-refractivity contribution in [3.05, 3.63) is 47.0 Å². The average Bonchev–Trinajstić information content (AvgIpc) is 3.22. The maximum atomic E-state index is 13.0. The SMILES string of the molecule is CC(=O)NC1C(Oc2ccc3c(c2OC2OC(COC(C)=O)C(OC(C)=O)C(OC(C)=O)C2NC(C)=O)-c2cccc4c2C(C)(C3)N(C)CC4)OC(COC(C)=O)C(OC(C)=O)C1OC(C)=O. The normalized spacial score (nSPS) is 28.4. The minimum Gasteiger partial charge on any atom is -0.463 e. The first-order valence-electron chi connectivity index (χ1n) is 21.7. The third-order valence-electron chi connectivity index (χ3n) is 11.9. The van der Waals surface area contributed by atoms with E-state index in [0.717, 1.165) is 76.8 Å². The van der Waals surface area contributed by atoms with Crippen LogP contribution in [0.3, 0.4) is 0 Å². The number of esters is 6. The molecule has 11 atom stereocenters. The van der Waals surface area contributed by atoms with Gasteiger partial charge in [0.2, 0.25) is 24.4 Å². The Hall–Kier alpha value is -6.32. The van der Waals surface area contributed by atoms with Crippen LogP contribution in [0.5, 0.6) is 11.5 Å². The van der Waals surface area contributed by atoms with Crippen LogP contribution in [0, 0.1) is 0 Å². The number of rotatable bonds is 14. The molecule has 2 saturated heterocycles. The van der Waals surface area contributed by atoms with Gasteiger partial charge in [-0.25, -0.2) is 0 Å². The van der Waals surface area contributed by atoms with Gasteiger partial charge in [-0.3, -0.25) is 43.3 Å². The highest BCUT2D eigenvalue weighted by atomic mass is 16.7. The van der Waals surface area contributed by atoms with Crippen LogP contribution in [0.25, 0.3) is 11.1 Å². The van der Waals surface area contributed by atoms with E-state index in [1.54, 1.807) is 6.07 Å². The lowest BCUT2D eigenvalue weighted by Crippen LogP contribution is -2.67. The second-order valence-corrected chi connectivity index (χ2v) is 17.1. The third-order valence-corrected chi connectivity index (χ3v) is 11.9.